The summed E-state index contributed by atoms with van der Waals surface area (Å²) in [5, 5.41) is 8.33. The van der Waals surface area contributed by atoms with Crippen molar-refractivity contribution in [3.05, 3.63) is 40.0 Å². The van der Waals surface area contributed by atoms with Crippen molar-refractivity contribution in [2.75, 3.05) is 39.4 Å². The number of hydrogen-bond donors (Lipinski definition) is 0. The number of hydrogen-bond acceptors (Lipinski definition) is 7. The molecule has 0 saturated carbocycles. The summed E-state index contributed by atoms with van der Waals surface area (Å²) in [7, 11) is -2.04. The second-order valence-corrected chi connectivity index (χ2v) is 11.2. The number of sulfonamides is 1. The van der Waals surface area contributed by atoms with Crippen molar-refractivity contribution in [2.45, 2.75) is 36.2 Å². The highest BCUT2D eigenvalue weighted by molar-refractivity contribution is 7.89. The van der Waals surface area contributed by atoms with Crippen LogP contribution in [0.4, 0.5) is 0 Å². The molecule has 1 aromatic heterocycles. The summed E-state index contributed by atoms with van der Waals surface area (Å²) in [4.78, 5) is 15.2. The van der Waals surface area contributed by atoms with Gasteiger partial charge in [0.05, 0.1) is 11.2 Å². The van der Waals surface area contributed by atoms with E-state index in [-0.39, 0.29) is 16.3 Å². The Labute approximate surface area is 203 Å². The highest BCUT2D eigenvalue weighted by atomic mass is 35.5. The first-order valence-electron chi connectivity index (χ1n) is 10.9. The fraction of sp³-hybridized carbons (Fsp3) is 0.571. The third-order valence-electron chi connectivity index (χ3n) is 6.57. The zero-order chi connectivity index (χ0) is 23.6. The Morgan fingerprint density at radius 1 is 1.15 bits per heavy atom. The van der Waals surface area contributed by atoms with Gasteiger partial charge >= 0.3 is 0 Å². The van der Waals surface area contributed by atoms with Crippen molar-refractivity contribution in [2.24, 2.45) is 7.05 Å². The van der Waals surface area contributed by atoms with E-state index in [1.807, 2.05) is 0 Å². The molecule has 9 nitrogen and oxygen atoms in total. The minimum Gasteiger partial charge on any atom is -0.381 e. The molecule has 2 fully saturated rings. The number of aryl methyl sites for hydroxylation is 1. The lowest BCUT2D eigenvalue weighted by molar-refractivity contribution is -0.0445. The van der Waals surface area contributed by atoms with E-state index in [0.29, 0.717) is 67.8 Å². The fourth-order valence-corrected chi connectivity index (χ4v) is 6.50. The summed E-state index contributed by atoms with van der Waals surface area (Å²) in [6.07, 6.45) is 4.01. The number of Topliss-reactive ketones (excluding diaryl/α,β-unsaturated/α-hetero) is 1. The van der Waals surface area contributed by atoms with E-state index in [9.17, 15) is 13.2 Å². The summed E-state index contributed by atoms with van der Waals surface area (Å²) in [6, 6.07) is 4.92. The summed E-state index contributed by atoms with van der Waals surface area (Å²) >= 11 is 12.2. The van der Waals surface area contributed by atoms with Crippen molar-refractivity contribution < 1.29 is 17.9 Å². The molecule has 12 heteroatoms. The molecule has 0 atom stereocenters. The molecule has 0 radical (unpaired) electrons. The van der Waals surface area contributed by atoms with Gasteiger partial charge in [0, 0.05) is 69.0 Å². The van der Waals surface area contributed by atoms with Gasteiger partial charge in [0.1, 0.15) is 0 Å². The van der Waals surface area contributed by atoms with Gasteiger partial charge in [-0.2, -0.15) is 4.31 Å². The van der Waals surface area contributed by atoms with E-state index >= 15 is 0 Å². The molecule has 4 rings (SSSR count). The number of halogens is 2. The van der Waals surface area contributed by atoms with Gasteiger partial charge in [-0.1, -0.05) is 28.4 Å². The van der Waals surface area contributed by atoms with Crippen LogP contribution in [0.25, 0.3) is 0 Å². The minimum absolute atomic E-state index is 0.0219. The third kappa shape index (κ3) is 5.26. The van der Waals surface area contributed by atoms with E-state index in [0.717, 1.165) is 12.8 Å². The van der Waals surface area contributed by atoms with Crippen LogP contribution in [0.3, 0.4) is 0 Å². The molecule has 2 saturated heterocycles. The maximum absolute atomic E-state index is 12.9. The lowest BCUT2D eigenvalue weighted by Crippen LogP contribution is -2.59. The van der Waals surface area contributed by atoms with E-state index in [1.165, 1.54) is 15.2 Å². The summed E-state index contributed by atoms with van der Waals surface area (Å²) in [5.41, 5.74) is 0.262. The molecule has 0 amide bonds. The third-order valence-corrected chi connectivity index (χ3v) is 8.88. The van der Waals surface area contributed by atoms with Crippen molar-refractivity contribution in [1.29, 1.82) is 0 Å². The summed E-state index contributed by atoms with van der Waals surface area (Å²) < 4.78 is 34.2. The van der Waals surface area contributed by atoms with Crippen molar-refractivity contribution in [3.8, 4) is 0 Å². The van der Waals surface area contributed by atoms with Gasteiger partial charge in [-0.15, -0.1) is 5.10 Å². The molecule has 0 spiro atoms. The van der Waals surface area contributed by atoms with Gasteiger partial charge in [-0.3, -0.25) is 14.4 Å². The number of rotatable bonds is 7. The molecule has 2 aromatic rings. The Kier molecular flexibility index (Phi) is 7.42. The number of carbonyl (C=O) groups is 1. The maximum atomic E-state index is 12.9. The normalized spacial score (nSPS) is 20.1. The van der Waals surface area contributed by atoms with Gasteiger partial charge in [0.15, 0.2) is 5.78 Å². The van der Waals surface area contributed by atoms with Crippen LogP contribution in [-0.2, 0) is 21.8 Å². The van der Waals surface area contributed by atoms with Gasteiger partial charge in [-0.05, 0) is 37.5 Å². The van der Waals surface area contributed by atoms with Gasteiger partial charge < -0.3 is 4.74 Å². The Morgan fingerprint density at radius 2 is 1.85 bits per heavy atom. The Morgan fingerprint density at radius 3 is 2.45 bits per heavy atom. The molecule has 2 aliphatic heterocycles. The predicted octanol–water partition coefficient (Wildman–Crippen LogP) is 2.64. The van der Waals surface area contributed by atoms with E-state index in [2.05, 4.69) is 15.2 Å². The van der Waals surface area contributed by atoms with Crippen molar-refractivity contribution >= 4 is 39.0 Å². The number of carbonyl (C=O) groups excluding carboxylic acids is 1. The van der Waals surface area contributed by atoms with Crippen LogP contribution < -0.4 is 0 Å². The average Bonchev–Trinajstić information content (AvgIpc) is 3.25. The topological polar surface area (TPSA) is 97.6 Å². The highest BCUT2D eigenvalue weighted by Gasteiger charge is 2.42. The quantitative estimate of drug-likeness (QED) is 0.522. The molecular formula is C21H27Cl2N5O4S. The molecule has 0 unspecified atom stereocenters. The molecule has 3 heterocycles. The molecule has 33 heavy (non-hydrogen) atoms. The second kappa shape index (κ2) is 9.97. The van der Waals surface area contributed by atoms with Gasteiger partial charge in [0.2, 0.25) is 5.03 Å². The molecule has 0 bridgehead atoms. The zero-order valence-corrected chi connectivity index (χ0v) is 20.7. The van der Waals surface area contributed by atoms with Crippen LogP contribution in [-0.4, -0.2) is 83.3 Å². The molecule has 180 valence electrons. The summed E-state index contributed by atoms with van der Waals surface area (Å²) in [6.45, 7) is 3.11. The molecular weight excluding hydrogens is 489 g/mol. The first kappa shape index (κ1) is 24.6. The molecule has 0 aliphatic carbocycles. The number of aromatic nitrogens is 3. The highest BCUT2D eigenvalue weighted by Crippen LogP contribution is 2.35. The number of benzene rings is 1. The van der Waals surface area contributed by atoms with Crippen molar-refractivity contribution in [3.63, 3.8) is 0 Å². The van der Waals surface area contributed by atoms with E-state index in [4.69, 9.17) is 27.9 Å². The van der Waals surface area contributed by atoms with Crippen LogP contribution in [0.2, 0.25) is 10.0 Å². The van der Waals surface area contributed by atoms with Gasteiger partial charge in [0.25, 0.3) is 10.0 Å². The first-order valence-corrected chi connectivity index (χ1v) is 13.1. The van der Waals surface area contributed by atoms with E-state index in [1.54, 1.807) is 25.2 Å². The Bertz CT molecular complexity index is 1110. The van der Waals surface area contributed by atoms with Crippen molar-refractivity contribution in [1.82, 2.24) is 24.2 Å². The first-order chi connectivity index (χ1) is 15.7. The Balaban J connectivity index is 1.44. The van der Waals surface area contributed by atoms with Crippen LogP contribution in [0.15, 0.2) is 29.4 Å². The lowest BCUT2D eigenvalue weighted by atomic mass is 9.82. The average molecular weight is 516 g/mol. The largest absolute Gasteiger partial charge is 0.381 e. The van der Waals surface area contributed by atoms with Gasteiger partial charge in [-0.25, -0.2) is 8.42 Å². The maximum Gasteiger partial charge on any atom is 0.264 e. The van der Waals surface area contributed by atoms with Crippen LogP contribution in [0.5, 0.6) is 0 Å². The second-order valence-electron chi connectivity index (χ2n) is 8.51. The molecule has 0 N–H and O–H groups in total. The smallest absolute Gasteiger partial charge is 0.264 e. The predicted molar refractivity (Wildman–Crippen MR) is 124 cm³/mol. The lowest BCUT2D eigenvalue weighted by Gasteiger charge is -2.49. The standard InChI is InChI=1S/C21H27Cl2N5O4S/c1-26-15-20(24-25-26)33(30,31)28-10-8-27(9-11-28)21(6-12-32-13-7-21)5-4-19(29)17-3-2-16(22)14-18(17)23/h2-3,14-15H,4-13H2,1H3. The Hall–Kier alpha value is -1.56. The fourth-order valence-electron chi connectivity index (χ4n) is 4.65. The number of ether oxygens (including phenoxy) is 1. The number of ketones is 1. The monoisotopic (exact) mass is 515 g/mol. The summed E-state index contributed by atoms with van der Waals surface area (Å²) in [5.74, 6) is -0.0219. The van der Waals surface area contributed by atoms with Crippen LogP contribution >= 0.6 is 23.2 Å². The van der Waals surface area contributed by atoms with Crippen LogP contribution in [0.1, 0.15) is 36.0 Å². The minimum atomic E-state index is -3.68. The zero-order valence-electron chi connectivity index (χ0n) is 18.4. The SMILES string of the molecule is Cn1cc(S(=O)(=O)N2CCN(C3(CCC(=O)c4ccc(Cl)cc4Cl)CCOCC3)CC2)nn1. The number of piperazine rings is 1. The van der Waals surface area contributed by atoms with Crippen LogP contribution in [0, 0.1) is 0 Å². The molecule has 1 aromatic carbocycles. The molecule has 2 aliphatic rings. The van der Waals surface area contributed by atoms with E-state index < -0.39 is 10.0 Å². The number of nitrogens with zero attached hydrogens (tertiary/aromatic N) is 5.